The summed E-state index contributed by atoms with van der Waals surface area (Å²) in [4.78, 5) is 0. The Morgan fingerprint density at radius 3 is 2.24 bits per heavy atom. The van der Waals surface area contributed by atoms with Crippen molar-refractivity contribution in [1.29, 1.82) is 0 Å². The maximum Gasteiger partial charge on any atom is 0.282 e. The third-order valence-electron chi connectivity index (χ3n) is 5.34. The van der Waals surface area contributed by atoms with Crippen molar-refractivity contribution >= 4 is 21.0 Å². The smallest absolute Gasteiger partial charge is 0.282 e. The van der Waals surface area contributed by atoms with Crippen molar-refractivity contribution in [2.24, 2.45) is 0 Å². The van der Waals surface area contributed by atoms with Gasteiger partial charge < -0.3 is 4.74 Å². The van der Waals surface area contributed by atoms with Gasteiger partial charge in [0.1, 0.15) is 0 Å². The quantitative estimate of drug-likeness (QED) is 0.845. The summed E-state index contributed by atoms with van der Waals surface area (Å²) in [5.74, 6) is 0.419. The molecule has 25 heavy (non-hydrogen) atoms. The van der Waals surface area contributed by atoms with Gasteiger partial charge in [0.05, 0.1) is 13.2 Å². The Bertz CT molecular complexity index is 833. The van der Waals surface area contributed by atoms with Crippen molar-refractivity contribution in [3.63, 3.8) is 0 Å². The van der Waals surface area contributed by atoms with Gasteiger partial charge in [0.25, 0.3) is 10.2 Å². The molecule has 0 spiro atoms. The van der Waals surface area contributed by atoms with Crippen LogP contribution in [0.15, 0.2) is 42.5 Å². The molecule has 134 valence electrons. The Balaban J connectivity index is 1.49. The Hall–Kier alpha value is -1.47. The molecule has 2 fully saturated rings. The molecule has 0 bridgehead atoms. The van der Waals surface area contributed by atoms with Gasteiger partial charge in [0, 0.05) is 26.2 Å². The van der Waals surface area contributed by atoms with Crippen LogP contribution in [0.4, 0.5) is 0 Å². The first kappa shape index (κ1) is 17.0. The molecule has 0 amide bonds. The van der Waals surface area contributed by atoms with E-state index in [1.54, 1.807) is 8.61 Å². The van der Waals surface area contributed by atoms with Gasteiger partial charge in [0.15, 0.2) is 0 Å². The lowest BCUT2D eigenvalue weighted by Crippen LogP contribution is -2.50. The second-order valence-electron chi connectivity index (χ2n) is 6.76. The van der Waals surface area contributed by atoms with E-state index in [0.29, 0.717) is 45.3 Å². The first-order valence-corrected chi connectivity index (χ1v) is 10.4. The number of benzene rings is 2. The lowest BCUT2D eigenvalue weighted by atomic mass is 9.87. The van der Waals surface area contributed by atoms with Crippen molar-refractivity contribution in [3.8, 4) is 0 Å². The number of morpholine rings is 1. The molecule has 0 aliphatic carbocycles. The number of hydrogen-bond donors (Lipinski definition) is 0. The van der Waals surface area contributed by atoms with E-state index in [-0.39, 0.29) is 0 Å². The van der Waals surface area contributed by atoms with Crippen molar-refractivity contribution in [3.05, 3.63) is 48.0 Å². The highest BCUT2D eigenvalue weighted by molar-refractivity contribution is 7.86. The molecule has 2 aromatic rings. The Kier molecular flexibility index (Phi) is 4.78. The highest BCUT2D eigenvalue weighted by Crippen LogP contribution is 2.34. The van der Waals surface area contributed by atoms with Crippen LogP contribution in [0, 0.1) is 0 Å². The maximum atomic E-state index is 12.8. The summed E-state index contributed by atoms with van der Waals surface area (Å²) >= 11 is 0. The van der Waals surface area contributed by atoms with E-state index in [9.17, 15) is 8.42 Å². The third-order valence-corrected chi connectivity index (χ3v) is 7.38. The topological polar surface area (TPSA) is 49.9 Å². The SMILES string of the molecule is O=S(=O)(N1CCOCC1)N1CCC(c2cccc3ccccc23)CC1. The number of nitrogens with zero attached hydrogens (tertiary/aromatic N) is 2. The van der Waals surface area contributed by atoms with Crippen LogP contribution in [0.25, 0.3) is 10.8 Å². The number of fused-ring (bicyclic) bond motifs is 1. The highest BCUT2D eigenvalue weighted by atomic mass is 32.2. The average molecular weight is 360 g/mol. The molecule has 0 saturated carbocycles. The zero-order valence-corrected chi connectivity index (χ0v) is 15.1. The van der Waals surface area contributed by atoms with E-state index in [0.717, 1.165) is 12.8 Å². The van der Waals surface area contributed by atoms with Crippen LogP contribution in [-0.2, 0) is 14.9 Å². The van der Waals surface area contributed by atoms with Crippen LogP contribution >= 0.6 is 0 Å². The van der Waals surface area contributed by atoms with E-state index in [1.807, 2.05) is 0 Å². The van der Waals surface area contributed by atoms with Crippen LogP contribution in [0.3, 0.4) is 0 Å². The summed E-state index contributed by atoms with van der Waals surface area (Å²) in [5.41, 5.74) is 1.35. The standard InChI is InChI=1S/C19H24N2O3S/c22-25(23,21-12-14-24-15-13-21)20-10-8-17(9-11-20)19-7-3-5-16-4-1-2-6-18(16)19/h1-7,17H,8-15H2. The fraction of sp³-hybridized carbons (Fsp3) is 0.474. The number of hydrogen-bond acceptors (Lipinski definition) is 3. The molecule has 0 unspecified atom stereocenters. The van der Waals surface area contributed by atoms with Gasteiger partial charge >= 0.3 is 0 Å². The van der Waals surface area contributed by atoms with E-state index >= 15 is 0 Å². The molecule has 6 heteroatoms. The predicted molar refractivity (Wildman–Crippen MR) is 98.8 cm³/mol. The molecule has 4 rings (SSSR count). The molecule has 0 radical (unpaired) electrons. The summed E-state index contributed by atoms with van der Waals surface area (Å²) in [5, 5.41) is 2.54. The second kappa shape index (κ2) is 7.03. The zero-order chi connectivity index (χ0) is 17.3. The fourth-order valence-corrected chi connectivity index (χ4v) is 5.55. The van der Waals surface area contributed by atoms with Gasteiger partial charge in [0.2, 0.25) is 0 Å². The molecule has 2 aliphatic heterocycles. The lowest BCUT2D eigenvalue weighted by Gasteiger charge is -2.36. The molecule has 2 heterocycles. The lowest BCUT2D eigenvalue weighted by molar-refractivity contribution is 0.0696. The second-order valence-corrected chi connectivity index (χ2v) is 8.69. The van der Waals surface area contributed by atoms with Crippen molar-refractivity contribution in [1.82, 2.24) is 8.61 Å². The largest absolute Gasteiger partial charge is 0.379 e. The minimum Gasteiger partial charge on any atom is -0.379 e. The van der Waals surface area contributed by atoms with E-state index in [2.05, 4.69) is 42.5 Å². The van der Waals surface area contributed by atoms with E-state index in [1.165, 1.54) is 16.3 Å². The molecular weight excluding hydrogens is 336 g/mol. The first-order chi connectivity index (χ1) is 12.2. The van der Waals surface area contributed by atoms with Gasteiger partial charge in [-0.05, 0) is 35.1 Å². The number of piperidine rings is 1. The molecule has 5 nitrogen and oxygen atoms in total. The normalized spacial score (nSPS) is 21.6. The van der Waals surface area contributed by atoms with Gasteiger partial charge in [-0.25, -0.2) is 0 Å². The molecule has 2 aromatic carbocycles. The Morgan fingerprint density at radius 1 is 0.840 bits per heavy atom. The molecule has 0 N–H and O–H groups in total. The van der Waals surface area contributed by atoms with Crippen molar-refractivity contribution < 1.29 is 13.2 Å². The fourth-order valence-electron chi connectivity index (χ4n) is 3.94. The van der Waals surface area contributed by atoms with Gasteiger partial charge in [-0.15, -0.1) is 0 Å². The number of rotatable bonds is 3. The minimum absolute atomic E-state index is 0.419. The molecule has 0 aromatic heterocycles. The molecule has 2 aliphatic rings. The maximum absolute atomic E-state index is 12.8. The minimum atomic E-state index is -3.35. The van der Waals surface area contributed by atoms with Crippen LogP contribution in [0.2, 0.25) is 0 Å². The molecule has 0 atom stereocenters. The van der Waals surface area contributed by atoms with E-state index in [4.69, 9.17) is 4.74 Å². The van der Waals surface area contributed by atoms with Crippen LogP contribution in [0.5, 0.6) is 0 Å². The summed E-state index contributed by atoms with van der Waals surface area (Å²) < 4.78 is 34.1. The predicted octanol–water partition coefficient (Wildman–Crippen LogP) is 2.60. The van der Waals surface area contributed by atoms with Crippen LogP contribution in [0.1, 0.15) is 24.3 Å². The summed E-state index contributed by atoms with van der Waals surface area (Å²) in [7, 11) is -3.35. The van der Waals surface area contributed by atoms with Crippen LogP contribution < -0.4 is 0 Å². The monoisotopic (exact) mass is 360 g/mol. The van der Waals surface area contributed by atoms with E-state index < -0.39 is 10.2 Å². The Labute approximate surface area is 149 Å². The first-order valence-electron chi connectivity index (χ1n) is 8.97. The average Bonchev–Trinajstić information content (AvgIpc) is 2.68. The van der Waals surface area contributed by atoms with Crippen molar-refractivity contribution in [2.45, 2.75) is 18.8 Å². The Morgan fingerprint density at radius 2 is 1.48 bits per heavy atom. The highest BCUT2D eigenvalue weighted by Gasteiger charge is 2.34. The summed E-state index contributed by atoms with van der Waals surface area (Å²) in [6.45, 7) is 3.09. The van der Waals surface area contributed by atoms with Gasteiger partial charge in [-0.2, -0.15) is 17.0 Å². The van der Waals surface area contributed by atoms with Gasteiger partial charge in [-0.3, -0.25) is 0 Å². The number of ether oxygens (including phenoxy) is 1. The molecule has 2 saturated heterocycles. The third kappa shape index (κ3) is 3.31. The van der Waals surface area contributed by atoms with Crippen LogP contribution in [-0.4, -0.2) is 56.4 Å². The summed E-state index contributed by atoms with van der Waals surface area (Å²) in [6, 6.07) is 14.9. The zero-order valence-electron chi connectivity index (χ0n) is 14.3. The van der Waals surface area contributed by atoms with Crippen molar-refractivity contribution in [2.75, 3.05) is 39.4 Å². The molecular formula is C19H24N2O3S. The summed E-state index contributed by atoms with van der Waals surface area (Å²) in [6.07, 6.45) is 1.75. The van der Waals surface area contributed by atoms with Gasteiger partial charge in [-0.1, -0.05) is 42.5 Å².